The summed E-state index contributed by atoms with van der Waals surface area (Å²) >= 11 is 0. The maximum Gasteiger partial charge on any atom is 0.244 e. The topological polar surface area (TPSA) is 84.4 Å². The molecule has 0 unspecified atom stereocenters. The molecule has 0 aliphatic heterocycles. The summed E-state index contributed by atoms with van der Waals surface area (Å²) in [4.78, 5) is 9.98. The summed E-state index contributed by atoms with van der Waals surface area (Å²) in [5.74, 6) is -0.117. The molecule has 2 rings (SSSR count). The zero-order valence-electron chi connectivity index (χ0n) is 13.9. The SMILES string of the molecule is COc1ccc(F)cc1S(=O)(=O)NCc1cc(C)nc(N(C)C)n1. The first-order valence-corrected chi connectivity index (χ1v) is 8.56. The third-order valence-electron chi connectivity index (χ3n) is 3.15. The van der Waals surface area contributed by atoms with Gasteiger partial charge in [0.1, 0.15) is 16.5 Å². The van der Waals surface area contributed by atoms with Crippen LogP contribution in [0.2, 0.25) is 0 Å². The van der Waals surface area contributed by atoms with Gasteiger partial charge in [0.05, 0.1) is 19.3 Å². The van der Waals surface area contributed by atoms with E-state index in [-0.39, 0.29) is 17.2 Å². The summed E-state index contributed by atoms with van der Waals surface area (Å²) in [5, 5.41) is 0. The van der Waals surface area contributed by atoms with Gasteiger partial charge in [-0.1, -0.05) is 0 Å². The molecule has 1 heterocycles. The number of aromatic nitrogens is 2. The molecule has 2 aromatic rings. The number of rotatable bonds is 6. The van der Waals surface area contributed by atoms with Gasteiger partial charge in [0, 0.05) is 19.8 Å². The van der Waals surface area contributed by atoms with Crippen molar-refractivity contribution in [2.75, 3.05) is 26.1 Å². The van der Waals surface area contributed by atoms with Crippen LogP contribution in [0.3, 0.4) is 0 Å². The van der Waals surface area contributed by atoms with Crippen LogP contribution >= 0.6 is 0 Å². The van der Waals surface area contributed by atoms with E-state index in [4.69, 9.17) is 4.74 Å². The highest BCUT2D eigenvalue weighted by atomic mass is 32.2. The molecule has 1 N–H and O–H groups in total. The Morgan fingerprint density at radius 3 is 2.58 bits per heavy atom. The van der Waals surface area contributed by atoms with Gasteiger partial charge < -0.3 is 9.64 Å². The lowest BCUT2D eigenvalue weighted by Gasteiger charge is -2.13. The Hall–Kier alpha value is -2.26. The molecule has 24 heavy (non-hydrogen) atoms. The summed E-state index contributed by atoms with van der Waals surface area (Å²) in [5.41, 5.74) is 1.22. The van der Waals surface area contributed by atoms with Gasteiger partial charge in [0.2, 0.25) is 16.0 Å². The largest absolute Gasteiger partial charge is 0.495 e. The van der Waals surface area contributed by atoms with Crippen molar-refractivity contribution in [2.24, 2.45) is 0 Å². The Balaban J connectivity index is 2.27. The highest BCUT2D eigenvalue weighted by Crippen LogP contribution is 2.24. The minimum Gasteiger partial charge on any atom is -0.495 e. The number of aryl methyl sites for hydroxylation is 1. The third-order valence-corrected chi connectivity index (χ3v) is 4.58. The fourth-order valence-corrected chi connectivity index (χ4v) is 3.19. The number of ether oxygens (including phenoxy) is 1. The van der Waals surface area contributed by atoms with Crippen molar-refractivity contribution in [3.63, 3.8) is 0 Å². The summed E-state index contributed by atoms with van der Waals surface area (Å²) < 4.78 is 45.7. The molecule has 0 spiro atoms. The number of halogens is 1. The zero-order valence-corrected chi connectivity index (χ0v) is 14.7. The van der Waals surface area contributed by atoms with Crippen LogP contribution in [0.4, 0.5) is 10.3 Å². The van der Waals surface area contributed by atoms with E-state index in [1.54, 1.807) is 32.0 Å². The van der Waals surface area contributed by atoms with Gasteiger partial charge in [0.15, 0.2) is 0 Å². The lowest BCUT2D eigenvalue weighted by Crippen LogP contribution is -2.25. The van der Waals surface area contributed by atoms with Crippen molar-refractivity contribution < 1.29 is 17.5 Å². The first-order chi connectivity index (χ1) is 11.2. The number of sulfonamides is 1. The molecule has 0 fully saturated rings. The van der Waals surface area contributed by atoms with Crippen LogP contribution in [0, 0.1) is 12.7 Å². The molecule has 0 atom stereocenters. The van der Waals surface area contributed by atoms with Crippen LogP contribution in [0.1, 0.15) is 11.4 Å². The molecule has 9 heteroatoms. The van der Waals surface area contributed by atoms with E-state index in [0.717, 1.165) is 12.1 Å². The van der Waals surface area contributed by atoms with Crippen molar-refractivity contribution in [3.05, 3.63) is 41.5 Å². The molecular formula is C15H19FN4O3S. The number of nitrogens with zero attached hydrogens (tertiary/aromatic N) is 3. The predicted molar refractivity (Wildman–Crippen MR) is 88.1 cm³/mol. The first-order valence-electron chi connectivity index (χ1n) is 7.08. The molecule has 130 valence electrons. The number of benzene rings is 1. The first kappa shape index (κ1) is 18.1. The van der Waals surface area contributed by atoms with E-state index in [0.29, 0.717) is 17.3 Å². The number of hydrogen-bond donors (Lipinski definition) is 1. The standard InChI is InChI=1S/C15H19FN4O3S/c1-10-7-12(19-15(18-10)20(2)3)9-17-24(21,22)14-8-11(16)5-6-13(14)23-4/h5-8,17H,9H2,1-4H3. The van der Waals surface area contributed by atoms with Crippen LogP contribution in [-0.4, -0.2) is 39.6 Å². The quantitative estimate of drug-likeness (QED) is 0.846. The van der Waals surface area contributed by atoms with Gasteiger partial charge in [-0.05, 0) is 31.2 Å². The Labute approximate surface area is 140 Å². The molecule has 0 aliphatic rings. The second-order valence-corrected chi connectivity index (χ2v) is 7.05. The van der Waals surface area contributed by atoms with E-state index < -0.39 is 15.8 Å². The lowest BCUT2D eigenvalue weighted by molar-refractivity contribution is 0.400. The minimum absolute atomic E-state index is 0.0494. The summed E-state index contributed by atoms with van der Waals surface area (Å²) in [6.45, 7) is 1.74. The Morgan fingerprint density at radius 2 is 1.96 bits per heavy atom. The molecule has 1 aromatic carbocycles. The Kier molecular flexibility index (Phi) is 5.35. The number of nitrogens with one attached hydrogen (secondary N) is 1. The highest BCUT2D eigenvalue weighted by molar-refractivity contribution is 7.89. The van der Waals surface area contributed by atoms with E-state index in [1.165, 1.54) is 13.2 Å². The van der Waals surface area contributed by atoms with Gasteiger partial charge in [-0.3, -0.25) is 0 Å². The fraction of sp³-hybridized carbons (Fsp3) is 0.333. The van der Waals surface area contributed by atoms with Gasteiger partial charge in [-0.25, -0.2) is 27.5 Å². The monoisotopic (exact) mass is 354 g/mol. The van der Waals surface area contributed by atoms with Crippen LogP contribution in [0.5, 0.6) is 5.75 Å². The van der Waals surface area contributed by atoms with E-state index >= 15 is 0 Å². The number of methoxy groups -OCH3 is 1. The Bertz CT molecular complexity index is 841. The maximum atomic E-state index is 13.4. The molecule has 0 amide bonds. The van der Waals surface area contributed by atoms with E-state index in [9.17, 15) is 12.8 Å². The molecule has 7 nitrogen and oxygen atoms in total. The summed E-state index contributed by atoms with van der Waals surface area (Å²) in [6.07, 6.45) is 0. The molecule has 0 saturated carbocycles. The molecule has 1 aromatic heterocycles. The van der Waals surface area contributed by atoms with E-state index in [2.05, 4.69) is 14.7 Å². The van der Waals surface area contributed by atoms with E-state index in [1.807, 2.05) is 0 Å². The fourth-order valence-electron chi connectivity index (χ4n) is 2.01. The second kappa shape index (κ2) is 7.10. The van der Waals surface area contributed by atoms with Crippen molar-refractivity contribution in [1.82, 2.24) is 14.7 Å². The van der Waals surface area contributed by atoms with Gasteiger partial charge in [0.25, 0.3) is 0 Å². The molecule has 0 aliphatic carbocycles. The van der Waals surface area contributed by atoms with Crippen LogP contribution in [-0.2, 0) is 16.6 Å². The average Bonchev–Trinajstić information content (AvgIpc) is 2.52. The maximum absolute atomic E-state index is 13.4. The van der Waals surface area contributed by atoms with Crippen LogP contribution in [0.25, 0.3) is 0 Å². The number of hydrogen-bond acceptors (Lipinski definition) is 6. The zero-order chi connectivity index (χ0) is 17.9. The molecular weight excluding hydrogens is 335 g/mol. The predicted octanol–water partition coefficient (Wildman–Crippen LogP) is 1.48. The van der Waals surface area contributed by atoms with Gasteiger partial charge >= 0.3 is 0 Å². The minimum atomic E-state index is -3.96. The van der Waals surface area contributed by atoms with Crippen LogP contribution < -0.4 is 14.4 Å². The lowest BCUT2D eigenvalue weighted by atomic mass is 10.3. The smallest absolute Gasteiger partial charge is 0.244 e. The van der Waals surface area contributed by atoms with Gasteiger partial charge in [-0.15, -0.1) is 0 Å². The molecule has 0 saturated heterocycles. The van der Waals surface area contributed by atoms with Crippen molar-refractivity contribution >= 4 is 16.0 Å². The third kappa shape index (κ3) is 4.18. The molecule has 0 bridgehead atoms. The molecule has 0 radical (unpaired) electrons. The van der Waals surface area contributed by atoms with Crippen molar-refractivity contribution in [2.45, 2.75) is 18.4 Å². The van der Waals surface area contributed by atoms with Crippen molar-refractivity contribution in [3.8, 4) is 5.75 Å². The highest BCUT2D eigenvalue weighted by Gasteiger charge is 2.20. The second-order valence-electron chi connectivity index (χ2n) is 5.31. The van der Waals surface area contributed by atoms with Crippen molar-refractivity contribution in [1.29, 1.82) is 0 Å². The number of anilines is 1. The Morgan fingerprint density at radius 1 is 1.25 bits per heavy atom. The van der Waals surface area contributed by atoms with Gasteiger partial charge in [-0.2, -0.15) is 0 Å². The average molecular weight is 354 g/mol. The normalized spacial score (nSPS) is 11.4. The summed E-state index contributed by atoms with van der Waals surface area (Å²) in [7, 11) is 0.948. The van der Waals surface area contributed by atoms with Crippen LogP contribution in [0.15, 0.2) is 29.2 Å². The summed E-state index contributed by atoms with van der Waals surface area (Å²) in [6, 6.07) is 4.99.